The van der Waals surface area contributed by atoms with Gasteiger partial charge in [0.2, 0.25) is 0 Å². The second-order valence-electron chi connectivity index (χ2n) is 1.54. The van der Waals surface area contributed by atoms with Gasteiger partial charge in [-0.2, -0.15) is 4.39 Å². The Labute approximate surface area is 67.2 Å². The molecule has 0 aromatic heterocycles. The van der Waals surface area contributed by atoms with Crippen molar-refractivity contribution in [2.24, 2.45) is 10.7 Å². The first-order valence-corrected chi connectivity index (χ1v) is 3.44. The summed E-state index contributed by atoms with van der Waals surface area (Å²) in [5.41, 5.74) is 5.80. The first-order valence-electron chi connectivity index (χ1n) is 2.36. The second kappa shape index (κ2) is 3.81. The van der Waals surface area contributed by atoms with E-state index in [9.17, 15) is 4.39 Å². The minimum atomic E-state index is -0.466. The molecule has 0 bridgehead atoms. The highest BCUT2D eigenvalue weighted by Crippen LogP contribution is 2.06. The molecule has 0 atom stereocenters. The molecular formula is C5H8FIN2. The molecule has 0 spiro atoms. The van der Waals surface area contributed by atoms with Gasteiger partial charge in [-0.3, -0.25) is 0 Å². The topological polar surface area (TPSA) is 38.4 Å². The van der Waals surface area contributed by atoms with Crippen LogP contribution in [0, 0.1) is 0 Å². The van der Waals surface area contributed by atoms with Crippen molar-refractivity contribution in [2.45, 2.75) is 13.8 Å². The highest BCUT2D eigenvalue weighted by Gasteiger charge is 1.90. The summed E-state index contributed by atoms with van der Waals surface area (Å²) in [5.74, 6) is -0.466. The monoisotopic (exact) mass is 242 g/mol. The number of aliphatic imine (C=N–C) groups is 1. The molecule has 0 amide bonds. The third-order valence-corrected chi connectivity index (χ3v) is 1.45. The Hall–Kier alpha value is -0.130. The van der Waals surface area contributed by atoms with Crippen LogP contribution in [0.4, 0.5) is 4.39 Å². The molecule has 52 valence electrons. The summed E-state index contributed by atoms with van der Waals surface area (Å²) in [6, 6.07) is 0. The zero-order chi connectivity index (χ0) is 7.44. The number of halogens is 2. The lowest BCUT2D eigenvalue weighted by Crippen LogP contribution is -1.91. The predicted octanol–water partition coefficient (Wildman–Crippen LogP) is 1.96. The third-order valence-electron chi connectivity index (χ3n) is 0.667. The number of allylic oxidation sites excluding steroid dienone is 1. The molecule has 0 saturated heterocycles. The fourth-order valence-corrected chi connectivity index (χ4v) is 0.405. The average molecular weight is 242 g/mol. The fourth-order valence-electron chi connectivity index (χ4n) is 0.284. The lowest BCUT2D eigenvalue weighted by Gasteiger charge is -1.91. The van der Waals surface area contributed by atoms with Gasteiger partial charge in [0.15, 0.2) is 5.97 Å². The van der Waals surface area contributed by atoms with Crippen LogP contribution in [-0.2, 0) is 0 Å². The van der Waals surface area contributed by atoms with Crippen molar-refractivity contribution < 1.29 is 4.39 Å². The van der Waals surface area contributed by atoms with Gasteiger partial charge in [-0.25, -0.2) is 4.99 Å². The maximum absolute atomic E-state index is 12.0. The molecule has 0 aromatic carbocycles. The van der Waals surface area contributed by atoms with Crippen molar-refractivity contribution in [3.05, 3.63) is 9.40 Å². The molecule has 0 aliphatic rings. The van der Waals surface area contributed by atoms with E-state index in [1.165, 1.54) is 6.92 Å². The number of hydrogen-bond acceptors (Lipinski definition) is 2. The highest BCUT2D eigenvalue weighted by atomic mass is 127. The molecule has 9 heavy (non-hydrogen) atoms. The zero-order valence-electron chi connectivity index (χ0n) is 5.28. The van der Waals surface area contributed by atoms with Crippen molar-refractivity contribution in [2.75, 3.05) is 0 Å². The minimum absolute atomic E-state index is 0.466. The standard InChI is InChI=1S/C5H8FIN2/c1-3(5(7)8)9-4(2)6/h8H2,1-2H3/b5-3-,9-4+. The van der Waals surface area contributed by atoms with Gasteiger partial charge in [0.05, 0.1) is 9.40 Å². The van der Waals surface area contributed by atoms with E-state index in [1.54, 1.807) is 6.92 Å². The summed E-state index contributed by atoms with van der Waals surface area (Å²) in [7, 11) is 0. The average Bonchev–Trinajstić information content (AvgIpc) is 1.63. The SMILES string of the molecule is C/C(F)=N\C(C)=C(/N)I. The zero-order valence-corrected chi connectivity index (χ0v) is 7.44. The summed E-state index contributed by atoms with van der Waals surface area (Å²) in [4.78, 5) is 3.47. The van der Waals surface area contributed by atoms with Crippen LogP contribution >= 0.6 is 22.6 Å². The Morgan fingerprint density at radius 2 is 2.00 bits per heavy atom. The minimum Gasteiger partial charge on any atom is -0.392 e. The predicted molar refractivity (Wildman–Crippen MR) is 45.1 cm³/mol. The smallest absolute Gasteiger partial charge is 0.186 e. The Morgan fingerprint density at radius 1 is 1.56 bits per heavy atom. The molecule has 0 radical (unpaired) electrons. The van der Waals surface area contributed by atoms with Crippen LogP contribution in [0.1, 0.15) is 13.8 Å². The molecule has 4 heteroatoms. The summed E-state index contributed by atoms with van der Waals surface area (Å²) in [6.45, 7) is 2.94. The third kappa shape index (κ3) is 4.38. The Kier molecular flexibility index (Phi) is 3.76. The molecule has 2 N–H and O–H groups in total. The molecule has 0 heterocycles. The van der Waals surface area contributed by atoms with Crippen LogP contribution in [0.3, 0.4) is 0 Å². The van der Waals surface area contributed by atoms with Crippen LogP contribution < -0.4 is 5.73 Å². The Balaban J connectivity index is 4.25. The number of hydrogen-bond donors (Lipinski definition) is 1. The fraction of sp³-hybridized carbons (Fsp3) is 0.400. The van der Waals surface area contributed by atoms with Crippen LogP contribution in [0.25, 0.3) is 0 Å². The molecule has 2 nitrogen and oxygen atoms in total. The van der Waals surface area contributed by atoms with Gasteiger partial charge < -0.3 is 5.73 Å². The summed E-state index contributed by atoms with van der Waals surface area (Å²) >= 11 is 1.89. The van der Waals surface area contributed by atoms with Gasteiger partial charge in [0, 0.05) is 6.92 Å². The highest BCUT2D eigenvalue weighted by molar-refractivity contribution is 14.1. The van der Waals surface area contributed by atoms with Crippen LogP contribution in [0.2, 0.25) is 0 Å². The van der Waals surface area contributed by atoms with Gasteiger partial charge in [-0.1, -0.05) is 0 Å². The lowest BCUT2D eigenvalue weighted by molar-refractivity contribution is 0.794. The van der Waals surface area contributed by atoms with Gasteiger partial charge in [-0.05, 0) is 29.5 Å². The number of nitrogens with zero attached hydrogens (tertiary/aromatic N) is 1. The van der Waals surface area contributed by atoms with Crippen molar-refractivity contribution >= 4 is 28.6 Å². The lowest BCUT2D eigenvalue weighted by atomic mass is 10.5. The summed E-state index contributed by atoms with van der Waals surface area (Å²) in [5, 5.41) is 0. The van der Waals surface area contributed by atoms with E-state index in [4.69, 9.17) is 5.73 Å². The van der Waals surface area contributed by atoms with Crippen LogP contribution in [-0.4, -0.2) is 5.97 Å². The van der Waals surface area contributed by atoms with Crippen molar-refractivity contribution in [1.29, 1.82) is 0 Å². The largest absolute Gasteiger partial charge is 0.392 e. The van der Waals surface area contributed by atoms with Crippen LogP contribution in [0.5, 0.6) is 0 Å². The van der Waals surface area contributed by atoms with E-state index in [-0.39, 0.29) is 0 Å². The van der Waals surface area contributed by atoms with Gasteiger partial charge in [0.25, 0.3) is 0 Å². The molecule has 0 aliphatic heterocycles. The number of nitrogens with two attached hydrogens (primary N) is 1. The molecule has 0 rings (SSSR count). The van der Waals surface area contributed by atoms with Crippen LogP contribution in [0.15, 0.2) is 14.4 Å². The van der Waals surface area contributed by atoms with E-state index < -0.39 is 5.97 Å². The van der Waals surface area contributed by atoms with E-state index in [0.717, 1.165) is 0 Å². The Morgan fingerprint density at radius 3 is 2.11 bits per heavy atom. The molecule has 0 aliphatic carbocycles. The normalized spacial score (nSPS) is 15.3. The van der Waals surface area contributed by atoms with E-state index in [2.05, 4.69) is 4.99 Å². The number of rotatable bonds is 1. The second-order valence-corrected chi connectivity index (χ2v) is 2.70. The van der Waals surface area contributed by atoms with Gasteiger partial charge in [0.1, 0.15) is 0 Å². The summed E-state index contributed by atoms with van der Waals surface area (Å²) in [6.07, 6.45) is 0. The summed E-state index contributed by atoms with van der Waals surface area (Å²) < 4.78 is 12.5. The molecular weight excluding hydrogens is 234 g/mol. The quantitative estimate of drug-likeness (QED) is 0.426. The van der Waals surface area contributed by atoms with Crippen molar-refractivity contribution in [1.82, 2.24) is 0 Å². The first-order chi connectivity index (χ1) is 4.04. The van der Waals surface area contributed by atoms with Crippen molar-refractivity contribution in [3.63, 3.8) is 0 Å². The maximum Gasteiger partial charge on any atom is 0.186 e. The van der Waals surface area contributed by atoms with E-state index >= 15 is 0 Å². The molecule has 0 saturated carbocycles. The maximum atomic E-state index is 12.0. The van der Waals surface area contributed by atoms with Gasteiger partial charge >= 0.3 is 0 Å². The van der Waals surface area contributed by atoms with E-state index in [0.29, 0.717) is 9.40 Å². The van der Waals surface area contributed by atoms with Crippen molar-refractivity contribution in [3.8, 4) is 0 Å². The molecule has 0 aromatic rings. The Bertz CT molecular complexity index is 154. The van der Waals surface area contributed by atoms with Gasteiger partial charge in [-0.15, -0.1) is 0 Å². The molecule has 0 fully saturated rings. The molecule has 0 unspecified atom stereocenters. The van der Waals surface area contributed by atoms with E-state index in [1.807, 2.05) is 22.6 Å². The first kappa shape index (κ1) is 8.87.